The van der Waals surface area contributed by atoms with Crippen LogP contribution in [0.4, 0.5) is 10.2 Å². The fourth-order valence-corrected chi connectivity index (χ4v) is 3.72. The Balaban J connectivity index is 1.70. The molecular weight excluding hydrogens is 401 g/mol. The Morgan fingerprint density at radius 3 is 2.75 bits per heavy atom. The van der Waals surface area contributed by atoms with E-state index in [1.807, 2.05) is 32.2 Å². The van der Waals surface area contributed by atoms with Gasteiger partial charge in [-0.3, -0.25) is 4.98 Å². The second kappa shape index (κ2) is 8.98. The number of H-pyrrole nitrogens is 1. The van der Waals surface area contributed by atoms with Crippen LogP contribution in [0, 0.1) is 19.7 Å². The Kier molecular flexibility index (Phi) is 5.94. The molecular formula is C26H24FN5. The molecule has 0 bridgehead atoms. The lowest BCUT2D eigenvalue weighted by atomic mass is 10.0. The average molecular weight is 426 g/mol. The summed E-state index contributed by atoms with van der Waals surface area (Å²) in [6.07, 6.45) is 9.21. The van der Waals surface area contributed by atoms with Gasteiger partial charge in [0.05, 0.1) is 5.69 Å². The lowest BCUT2D eigenvalue weighted by Gasteiger charge is -2.09. The molecule has 0 amide bonds. The summed E-state index contributed by atoms with van der Waals surface area (Å²) in [6.45, 7) is 7.73. The van der Waals surface area contributed by atoms with Crippen molar-refractivity contribution in [2.24, 2.45) is 0 Å². The Labute approximate surface area is 186 Å². The smallest absolute Gasteiger partial charge is 0.131 e. The summed E-state index contributed by atoms with van der Waals surface area (Å²) in [7, 11) is 0. The fraction of sp³-hybridized carbons (Fsp3) is 0.115. The van der Waals surface area contributed by atoms with Gasteiger partial charge in [-0.05, 0) is 37.6 Å². The maximum Gasteiger partial charge on any atom is 0.131 e. The van der Waals surface area contributed by atoms with E-state index in [-0.39, 0.29) is 5.82 Å². The summed E-state index contributed by atoms with van der Waals surface area (Å²) in [5, 5.41) is 0. The molecule has 5 nitrogen and oxygen atoms in total. The molecule has 0 aliphatic rings. The van der Waals surface area contributed by atoms with Gasteiger partial charge in [-0.25, -0.2) is 14.4 Å². The van der Waals surface area contributed by atoms with Gasteiger partial charge in [0, 0.05) is 58.5 Å². The molecule has 0 saturated carbocycles. The van der Waals surface area contributed by atoms with Gasteiger partial charge in [0.1, 0.15) is 17.5 Å². The lowest BCUT2D eigenvalue weighted by molar-refractivity contribution is 0.624. The number of benzene rings is 1. The number of nitrogens with zero attached hydrogens (tertiary/aromatic N) is 3. The third-order valence-electron chi connectivity index (χ3n) is 5.35. The summed E-state index contributed by atoms with van der Waals surface area (Å²) in [6, 6.07) is 10.6. The van der Waals surface area contributed by atoms with Crippen molar-refractivity contribution in [2.45, 2.75) is 20.3 Å². The predicted molar refractivity (Wildman–Crippen MR) is 126 cm³/mol. The van der Waals surface area contributed by atoms with Gasteiger partial charge in [-0.2, -0.15) is 0 Å². The molecule has 0 spiro atoms. The van der Waals surface area contributed by atoms with Crippen molar-refractivity contribution in [3.63, 3.8) is 0 Å². The number of allylic oxidation sites excluding steroid dienone is 2. The lowest BCUT2D eigenvalue weighted by Crippen LogP contribution is -2.01. The molecule has 4 aromatic rings. The van der Waals surface area contributed by atoms with E-state index in [9.17, 15) is 4.39 Å². The number of aryl methyl sites for hydroxylation is 2. The maximum absolute atomic E-state index is 14.5. The van der Waals surface area contributed by atoms with Crippen LogP contribution in [0.15, 0.2) is 73.7 Å². The van der Waals surface area contributed by atoms with Gasteiger partial charge in [-0.1, -0.05) is 36.9 Å². The van der Waals surface area contributed by atoms with Crippen molar-refractivity contribution in [3.05, 3.63) is 113 Å². The highest BCUT2D eigenvalue weighted by Crippen LogP contribution is 2.29. The van der Waals surface area contributed by atoms with Crippen LogP contribution in [0.25, 0.3) is 16.7 Å². The number of hydrogen-bond donors (Lipinski definition) is 2. The van der Waals surface area contributed by atoms with Gasteiger partial charge in [-0.15, -0.1) is 0 Å². The molecule has 6 heteroatoms. The molecule has 3 heterocycles. The molecule has 0 atom stereocenters. The molecule has 0 unspecified atom stereocenters. The molecule has 3 aromatic heterocycles. The average Bonchev–Trinajstić information content (AvgIpc) is 3.14. The molecule has 0 radical (unpaired) electrons. The molecule has 160 valence electrons. The summed E-state index contributed by atoms with van der Waals surface area (Å²) in [4.78, 5) is 16.7. The van der Waals surface area contributed by atoms with Crippen LogP contribution in [0.2, 0.25) is 0 Å². The third-order valence-corrected chi connectivity index (χ3v) is 5.35. The van der Waals surface area contributed by atoms with E-state index >= 15 is 0 Å². The normalized spacial score (nSPS) is 11.5. The van der Waals surface area contributed by atoms with E-state index in [2.05, 4.69) is 21.5 Å². The zero-order chi connectivity index (χ0) is 22.7. The first-order chi connectivity index (χ1) is 15.5. The van der Waals surface area contributed by atoms with Crippen molar-refractivity contribution < 1.29 is 4.39 Å². The van der Waals surface area contributed by atoms with Crippen molar-refractivity contribution in [2.75, 3.05) is 5.73 Å². The van der Waals surface area contributed by atoms with Gasteiger partial charge < -0.3 is 10.7 Å². The number of aromatic nitrogens is 4. The van der Waals surface area contributed by atoms with Crippen LogP contribution >= 0.6 is 0 Å². The topological polar surface area (TPSA) is 80.5 Å². The van der Waals surface area contributed by atoms with Gasteiger partial charge in [0.25, 0.3) is 0 Å². The minimum atomic E-state index is -0.308. The highest BCUT2D eigenvalue weighted by atomic mass is 19.1. The third kappa shape index (κ3) is 4.21. The minimum Gasteiger partial charge on any atom is -0.383 e. The van der Waals surface area contributed by atoms with Crippen LogP contribution in [0.1, 0.15) is 33.9 Å². The van der Waals surface area contributed by atoms with E-state index in [4.69, 9.17) is 10.7 Å². The van der Waals surface area contributed by atoms with Crippen molar-refractivity contribution in [3.8, 4) is 11.1 Å². The molecule has 0 aliphatic heterocycles. The Morgan fingerprint density at radius 1 is 1.19 bits per heavy atom. The SMILES string of the molecule is C=C/C=C(/c1ccccc1F)c1nc(Cc2cc(-c3cnccc3C)cnc2N)[nH]c1C. The van der Waals surface area contributed by atoms with E-state index < -0.39 is 0 Å². The number of nitrogens with two attached hydrogens (primary N) is 1. The summed E-state index contributed by atoms with van der Waals surface area (Å²) in [5.74, 6) is 0.858. The predicted octanol–water partition coefficient (Wildman–Crippen LogP) is 5.41. The first kappa shape index (κ1) is 21.2. The van der Waals surface area contributed by atoms with E-state index in [1.165, 1.54) is 6.07 Å². The van der Waals surface area contributed by atoms with E-state index in [0.717, 1.165) is 33.8 Å². The molecule has 0 saturated heterocycles. The molecule has 0 aliphatic carbocycles. The fourth-order valence-electron chi connectivity index (χ4n) is 3.72. The minimum absolute atomic E-state index is 0.308. The zero-order valence-electron chi connectivity index (χ0n) is 18.1. The van der Waals surface area contributed by atoms with Gasteiger partial charge >= 0.3 is 0 Å². The van der Waals surface area contributed by atoms with Gasteiger partial charge in [0.2, 0.25) is 0 Å². The van der Waals surface area contributed by atoms with Gasteiger partial charge in [0.15, 0.2) is 0 Å². The number of hydrogen-bond acceptors (Lipinski definition) is 4. The highest BCUT2D eigenvalue weighted by molar-refractivity contribution is 5.80. The Morgan fingerprint density at radius 2 is 2.00 bits per heavy atom. The monoisotopic (exact) mass is 425 g/mol. The maximum atomic E-state index is 14.5. The van der Waals surface area contributed by atoms with E-state index in [0.29, 0.717) is 29.1 Å². The number of pyridine rings is 2. The zero-order valence-corrected chi connectivity index (χ0v) is 18.1. The quantitative estimate of drug-likeness (QED) is 0.405. The Hall–Kier alpha value is -4.06. The number of aromatic amines is 1. The number of nitrogens with one attached hydrogen (secondary N) is 1. The number of nitrogen functional groups attached to an aromatic ring is 1. The number of anilines is 1. The molecule has 1 aromatic carbocycles. The summed E-state index contributed by atoms with van der Waals surface area (Å²) >= 11 is 0. The van der Waals surface area contributed by atoms with Crippen molar-refractivity contribution >= 4 is 11.4 Å². The summed E-state index contributed by atoms with van der Waals surface area (Å²) < 4.78 is 14.5. The number of rotatable bonds is 6. The van der Waals surface area contributed by atoms with Crippen molar-refractivity contribution in [1.29, 1.82) is 0 Å². The molecule has 3 N–H and O–H groups in total. The van der Waals surface area contributed by atoms with Crippen molar-refractivity contribution in [1.82, 2.24) is 19.9 Å². The Bertz CT molecular complexity index is 1320. The first-order valence-corrected chi connectivity index (χ1v) is 10.3. The molecule has 0 fully saturated rings. The van der Waals surface area contributed by atoms with Crippen LogP contribution in [0.5, 0.6) is 0 Å². The van der Waals surface area contributed by atoms with E-state index in [1.54, 1.807) is 42.7 Å². The standard InChI is InChI=1S/C26H24FN5/c1-4-7-21(20-8-5-6-9-23(20)27)25-17(3)31-24(32-25)13-18-12-19(14-30-26(18)28)22-15-29-11-10-16(22)2/h4-12,14-15H,1,13H2,2-3H3,(H2,28,30)(H,31,32)/b21-7-. The number of imidazole rings is 1. The molecule has 32 heavy (non-hydrogen) atoms. The highest BCUT2D eigenvalue weighted by Gasteiger charge is 2.17. The molecule has 4 rings (SSSR count). The van der Waals surface area contributed by atoms with Crippen LogP contribution in [-0.2, 0) is 6.42 Å². The first-order valence-electron chi connectivity index (χ1n) is 10.3. The second-order valence-corrected chi connectivity index (χ2v) is 7.59. The number of halogens is 1. The summed E-state index contributed by atoms with van der Waals surface area (Å²) in [5.41, 5.74) is 12.7. The van der Waals surface area contributed by atoms with Crippen LogP contribution in [0.3, 0.4) is 0 Å². The van der Waals surface area contributed by atoms with Crippen LogP contribution < -0.4 is 5.73 Å². The second-order valence-electron chi connectivity index (χ2n) is 7.59. The largest absolute Gasteiger partial charge is 0.383 e. The van der Waals surface area contributed by atoms with Crippen LogP contribution in [-0.4, -0.2) is 19.9 Å².